The molecule has 7 nitrogen and oxygen atoms in total. The van der Waals surface area contributed by atoms with Crippen molar-refractivity contribution in [1.29, 1.82) is 0 Å². The Morgan fingerprint density at radius 1 is 1.05 bits per heavy atom. The first-order valence-corrected chi connectivity index (χ1v) is 13.9. The number of anilines is 1. The van der Waals surface area contributed by atoms with Gasteiger partial charge in [-0.15, -0.1) is 0 Å². The Kier molecular flexibility index (Phi) is 8.33. The van der Waals surface area contributed by atoms with Crippen molar-refractivity contribution in [3.8, 4) is 11.4 Å². The summed E-state index contributed by atoms with van der Waals surface area (Å²) in [5.74, 6) is 1.12. The zero-order valence-corrected chi connectivity index (χ0v) is 22.6. The predicted octanol–water partition coefficient (Wildman–Crippen LogP) is 6.12. The van der Waals surface area contributed by atoms with Crippen molar-refractivity contribution in [1.82, 2.24) is 20.4 Å². The Hall–Kier alpha value is -2.61. The molecule has 2 aliphatic heterocycles. The maximum atomic E-state index is 13.0. The predicted molar refractivity (Wildman–Crippen MR) is 147 cm³/mol. The maximum Gasteiger partial charge on any atom is 0.241 e. The van der Waals surface area contributed by atoms with E-state index in [9.17, 15) is 4.79 Å². The second-order valence-corrected chi connectivity index (χ2v) is 10.9. The fraction of sp³-hybridized carbons (Fsp3) is 0.464. The molecular weight excluding hydrogens is 509 g/mol. The molecule has 1 amide bonds. The van der Waals surface area contributed by atoms with E-state index in [1.54, 1.807) is 18.2 Å². The number of carbonyl (C=O) groups excluding carboxylic acids is 1. The zero-order valence-electron chi connectivity index (χ0n) is 21.1. The number of nitrogens with zero attached hydrogens (tertiary/aromatic N) is 4. The highest BCUT2D eigenvalue weighted by Gasteiger charge is 2.27. The summed E-state index contributed by atoms with van der Waals surface area (Å²) in [6.07, 6.45) is 5.46. The van der Waals surface area contributed by atoms with Gasteiger partial charge in [0, 0.05) is 35.3 Å². The Morgan fingerprint density at radius 2 is 1.78 bits per heavy atom. The van der Waals surface area contributed by atoms with E-state index in [1.165, 1.54) is 24.9 Å². The molecule has 0 aliphatic carbocycles. The molecule has 0 saturated carbocycles. The quantitative estimate of drug-likeness (QED) is 0.388. The molecule has 37 heavy (non-hydrogen) atoms. The van der Waals surface area contributed by atoms with Crippen LogP contribution in [0.4, 0.5) is 5.69 Å². The highest BCUT2D eigenvalue weighted by Crippen LogP contribution is 2.29. The molecule has 196 valence electrons. The summed E-state index contributed by atoms with van der Waals surface area (Å²) in [4.78, 5) is 22.2. The van der Waals surface area contributed by atoms with Crippen molar-refractivity contribution in [3.63, 3.8) is 0 Å². The van der Waals surface area contributed by atoms with Crippen LogP contribution >= 0.6 is 23.2 Å². The van der Waals surface area contributed by atoms with Gasteiger partial charge in [-0.25, -0.2) is 0 Å². The van der Waals surface area contributed by atoms with Crippen molar-refractivity contribution < 1.29 is 9.32 Å². The summed E-state index contributed by atoms with van der Waals surface area (Å²) in [5, 5.41) is 8.34. The zero-order chi connectivity index (χ0) is 25.8. The fourth-order valence-electron chi connectivity index (χ4n) is 5.18. The largest absolute Gasteiger partial charge is 0.372 e. The van der Waals surface area contributed by atoms with Crippen LogP contribution in [0.5, 0.6) is 0 Å². The molecule has 1 atom stereocenters. The number of rotatable bonds is 7. The smallest absolute Gasteiger partial charge is 0.241 e. The first-order valence-electron chi connectivity index (χ1n) is 13.1. The lowest BCUT2D eigenvalue weighted by molar-refractivity contribution is -0.127. The van der Waals surface area contributed by atoms with Crippen LogP contribution in [-0.4, -0.2) is 47.1 Å². The molecule has 0 spiro atoms. The number of halogens is 2. The molecule has 2 fully saturated rings. The van der Waals surface area contributed by atoms with Crippen LogP contribution in [0.1, 0.15) is 56.5 Å². The van der Waals surface area contributed by atoms with E-state index in [0.717, 1.165) is 44.6 Å². The fourth-order valence-corrected chi connectivity index (χ4v) is 5.68. The third-order valence-corrected chi connectivity index (χ3v) is 7.98. The van der Waals surface area contributed by atoms with Gasteiger partial charge in [-0.2, -0.15) is 4.98 Å². The molecule has 1 aromatic heterocycles. The van der Waals surface area contributed by atoms with Gasteiger partial charge >= 0.3 is 0 Å². The van der Waals surface area contributed by atoms with Crippen LogP contribution in [-0.2, 0) is 11.3 Å². The number of hydrogen-bond donors (Lipinski definition) is 1. The molecule has 0 bridgehead atoms. The average Bonchev–Trinajstić information content (AvgIpc) is 3.37. The molecule has 3 heterocycles. The van der Waals surface area contributed by atoms with Crippen LogP contribution in [0, 0.1) is 5.92 Å². The van der Waals surface area contributed by atoms with Gasteiger partial charge in [0.25, 0.3) is 0 Å². The van der Waals surface area contributed by atoms with Gasteiger partial charge in [0.2, 0.25) is 17.6 Å². The van der Waals surface area contributed by atoms with Crippen LogP contribution < -0.4 is 10.2 Å². The van der Waals surface area contributed by atoms with Gasteiger partial charge in [0.15, 0.2) is 0 Å². The van der Waals surface area contributed by atoms with Gasteiger partial charge in [0.05, 0.1) is 17.6 Å². The van der Waals surface area contributed by atoms with E-state index >= 15 is 0 Å². The minimum Gasteiger partial charge on any atom is -0.372 e. The highest BCUT2D eigenvalue weighted by molar-refractivity contribution is 6.36. The minimum atomic E-state index is -0.0163. The van der Waals surface area contributed by atoms with E-state index < -0.39 is 0 Å². The number of hydrogen-bond acceptors (Lipinski definition) is 6. The van der Waals surface area contributed by atoms with Crippen molar-refractivity contribution in [3.05, 3.63) is 64.0 Å². The minimum absolute atomic E-state index is 0.0115. The standard InChI is InChI=1S/C28H33Cl2N5O2/c1-19(20-5-8-23(9-6-20)35-13-3-2-4-14-35)31-28(36)21-11-15-34(16-12-21)18-26-32-27(33-37-26)24-10-7-22(29)17-25(24)30/h5-10,17,19,21H,2-4,11-16,18H2,1H3,(H,31,36). The molecule has 3 aromatic rings. The first kappa shape index (κ1) is 26.0. The van der Waals surface area contributed by atoms with Crippen LogP contribution in [0.3, 0.4) is 0 Å². The molecule has 9 heteroatoms. The SMILES string of the molecule is CC(NC(=O)C1CCN(Cc2nc(-c3ccc(Cl)cc3Cl)no2)CC1)c1ccc(N2CCCCC2)cc1. The van der Waals surface area contributed by atoms with Crippen LogP contribution in [0.2, 0.25) is 10.0 Å². The lowest BCUT2D eigenvalue weighted by Crippen LogP contribution is -2.41. The van der Waals surface area contributed by atoms with Crippen LogP contribution in [0.15, 0.2) is 47.0 Å². The Labute approximate surface area is 228 Å². The lowest BCUT2D eigenvalue weighted by atomic mass is 9.95. The second kappa shape index (κ2) is 11.8. The van der Waals surface area contributed by atoms with E-state index in [-0.39, 0.29) is 17.9 Å². The Morgan fingerprint density at radius 3 is 2.49 bits per heavy atom. The summed E-state index contributed by atoms with van der Waals surface area (Å²) in [7, 11) is 0. The molecule has 0 radical (unpaired) electrons. The van der Waals surface area contributed by atoms with Gasteiger partial charge in [0.1, 0.15) is 0 Å². The number of likely N-dealkylation sites (tertiary alicyclic amines) is 1. The summed E-state index contributed by atoms with van der Waals surface area (Å²) in [6, 6.07) is 13.8. The van der Waals surface area contributed by atoms with Crippen molar-refractivity contribution in [2.24, 2.45) is 5.92 Å². The molecule has 1 N–H and O–H groups in total. The van der Waals surface area contributed by atoms with Gasteiger partial charge < -0.3 is 14.7 Å². The summed E-state index contributed by atoms with van der Waals surface area (Å²) >= 11 is 12.2. The number of benzene rings is 2. The van der Waals surface area contributed by atoms with Crippen LogP contribution in [0.25, 0.3) is 11.4 Å². The topological polar surface area (TPSA) is 74.5 Å². The van der Waals surface area contributed by atoms with Gasteiger partial charge in [-0.1, -0.05) is 40.5 Å². The first-order chi connectivity index (χ1) is 18.0. The molecule has 2 saturated heterocycles. The molecular formula is C28H33Cl2N5O2. The molecule has 5 rings (SSSR count). The van der Waals surface area contributed by atoms with E-state index in [0.29, 0.717) is 33.9 Å². The van der Waals surface area contributed by atoms with Crippen molar-refractivity contribution in [2.45, 2.75) is 51.6 Å². The lowest BCUT2D eigenvalue weighted by Gasteiger charge is -2.31. The number of nitrogens with one attached hydrogen (secondary N) is 1. The maximum absolute atomic E-state index is 13.0. The average molecular weight is 543 g/mol. The van der Waals surface area contributed by atoms with E-state index in [4.69, 9.17) is 27.7 Å². The van der Waals surface area contributed by atoms with Gasteiger partial charge in [-0.3, -0.25) is 9.69 Å². The van der Waals surface area contributed by atoms with Crippen molar-refractivity contribution in [2.75, 3.05) is 31.1 Å². The summed E-state index contributed by atoms with van der Waals surface area (Å²) < 4.78 is 5.45. The number of aromatic nitrogens is 2. The second-order valence-electron chi connectivity index (χ2n) is 10.1. The Bertz CT molecular complexity index is 1200. The number of carbonyl (C=O) groups is 1. The van der Waals surface area contributed by atoms with Gasteiger partial charge in [-0.05, 0) is 88.0 Å². The molecule has 2 aliphatic rings. The van der Waals surface area contributed by atoms with E-state index in [2.05, 4.69) is 56.4 Å². The third kappa shape index (κ3) is 6.46. The number of amides is 1. The summed E-state index contributed by atoms with van der Waals surface area (Å²) in [6.45, 7) is 6.48. The summed E-state index contributed by atoms with van der Waals surface area (Å²) in [5.41, 5.74) is 3.10. The van der Waals surface area contributed by atoms with E-state index in [1.807, 2.05) is 0 Å². The molecule has 1 unspecified atom stereocenters. The highest BCUT2D eigenvalue weighted by atomic mass is 35.5. The Balaban J connectivity index is 1.09. The monoisotopic (exact) mass is 541 g/mol. The normalized spacial score (nSPS) is 18.1. The third-order valence-electron chi connectivity index (χ3n) is 7.43. The van der Waals surface area contributed by atoms with Crippen molar-refractivity contribution >= 4 is 34.8 Å². The number of piperidine rings is 2. The molecule has 2 aromatic carbocycles.